The van der Waals surface area contributed by atoms with E-state index in [0.29, 0.717) is 18.1 Å². The number of morpholine rings is 1. The molecule has 7 rings (SSSR count). The van der Waals surface area contributed by atoms with Crippen molar-refractivity contribution in [2.75, 3.05) is 24.8 Å². The Kier molecular flexibility index (Phi) is 5.95. The van der Waals surface area contributed by atoms with Crippen molar-refractivity contribution in [1.82, 2.24) is 9.58 Å². The van der Waals surface area contributed by atoms with Crippen molar-refractivity contribution in [2.24, 2.45) is 0 Å². The lowest BCUT2D eigenvalue weighted by Gasteiger charge is -2.51. The van der Waals surface area contributed by atoms with E-state index in [1.807, 2.05) is 17.1 Å². The van der Waals surface area contributed by atoms with Gasteiger partial charge in [0.2, 0.25) is 5.43 Å². The van der Waals surface area contributed by atoms with Crippen LogP contribution >= 0.6 is 23.1 Å². The first-order valence-electron chi connectivity index (χ1n) is 13.0. The largest absolute Gasteiger partial charge is 0.502 e. The van der Waals surface area contributed by atoms with Crippen molar-refractivity contribution >= 4 is 39.1 Å². The van der Waals surface area contributed by atoms with Crippen molar-refractivity contribution < 1.29 is 23.4 Å². The van der Waals surface area contributed by atoms with Crippen LogP contribution in [0.25, 0.3) is 10.1 Å². The molecular weight excluding hydrogens is 556 g/mol. The van der Waals surface area contributed by atoms with Crippen molar-refractivity contribution in [1.29, 1.82) is 0 Å². The van der Waals surface area contributed by atoms with Crippen LogP contribution in [-0.4, -0.2) is 46.5 Å². The number of halogens is 2. The third-order valence-corrected chi connectivity index (χ3v) is 10.6. The number of carbonyl (C=O) groups excluding carboxylic acids is 1. The van der Waals surface area contributed by atoms with Gasteiger partial charge < -0.3 is 14.7 Å². The van der Waals surface area contributed by atoms with Gasteiger partial charge in [-0.05, 0) is 34.6 Å². The molecule has 3 aliphatic rings. The highest BCUT2D eigenvalue weighted by Gasteiger charge is 2.46. The number of nitrogens with zero attached hydrogens (tertiary/aromatic N) is 3. The van der Waals surface area contributed by atoms with E-state index in [9.17, 15) is 19.1 Å². The molecule has 11 heteroatoms. The van der Waals surface area contributed by atoms with Crippen LogP contribution in [0.5, 0.6) is 5.75 Å². The summed E-state index contributed by atoms with van der Waals surface area (Å²) in [4.78, 5) is 29.8. The third kappa shape index (κ3) is 3.64. The average Bonchev–Trinajstić information content (AvgIpc) is 3.32. The van der Waals surface area contributed by atoms with Crippen LogP contribution in [0.1, 0.15) is 57.9 Å². The van der Waals surface area contributed by atoms with Crippen molar-refractivity contribution in [2.45, 2.75) is 42.6 Å². The zero-order valence-corrected chi connectivity index (χ0v) is 23.3. The maximum absolute atomic E-state index is 15.5. The number of hydrogen-bond acceptors (Lipinski definition) is 7. The number of hydrogen-bond donors (Lipinski definition) is 1. The number of rotatable bonds is 2. The molecule has 2 atom stereocenters. The molecule has 0 aliphatic carbocycles. The molecule has 0 unspecified atom stereocenters. The number of thiophene rings is 1. The minimum atomic E-state index is -0.925. The van der Waals surface area contributed by atoms with E-state index in [2.05, 4.69) is 19.9 Å². The molecule has 2 aromatic carbocycles. The average molecular weight is 582 g/mol. The van der Waals surface area contributed by atoms with E-state index >= 15 is 4.39 Å². The van der Waals surface area contributed by atoms with Gasteiger partial charge in [-0.15, -0.1) is 23.1 Å². The summed E-state index contributed by atoms with van der Waals surface area (Å²) < 4.78 is 38.4. The lowest BCUT2D eigenvalue weighted by molar-refractivity contribution is -0.0197. The molecule has 40 heavy (non-hydrogen) atoms. The second-order valence-corrected chi connectivity index (χ2v) is 12.6. The fourth-order valence-corrected chi connectivity index (χ4v) is 8.49. The summed E-state index contributed by atoms with van der Waals surface area (Å²) in [5, 5.41) is 13.7. The van der Waals surface area contributed by atoms with E-state index in [4.69, 9.17) is 4.74 Å². The van der Waals surface area contributed by atoms with Crippen molar-refractivity contribution in [3.05, 3.63) is 91.7 Å². The number of benzene rings is 2. The van der Waals surface area contributed by atoms with Gasteiger partial charge in [0.25, 0.3) is 5.91 Å². The zero-order chi connectivity index (χ0) is 27.9. The number of ether oxygens (including phenoxy) is 1. The Morgan fingerprint density at radius 1 is 1.10 bits per heavy atom. The predicted octanol–water partition coefficient (Wildman–Crippen LogP) is 5.32. The highest BCUT2D eigenvalue weighted by molar-refractivity contribution is 7.99. The summed E-state index contributed by atoms with van der Waals surface area (Å²) in [6, 6.07) is 9.47. The Bertz CT molecular complexity index is 1770. The van der Waals surface area contributed by atoms with E-state index < -0.39 is 40.9 Å². The smallest absolute Gasteiger partial charge is 0.278 e. The van der Waals surface area contributed by atoms with Crippen LogP contribution < -0.4 is 10.4 Å². The first-order chi connectivity index (χ1) is 19.3. The van der Waals surface area contributed by atoms with Gasteiger partial charge in [0, 0.05) is 44.6 Å². The normalized spacial score (nSPS) is 20.3. The fraction of sp³-hybridized carbons (Fsp3) is 0.310. The lowest BCUT2D eigenvalue weighted by atomic mass is 9.92. The minimum Gasteiger partial charge on any atom is -0.502 e. The van der Waals surface area contributed by atoms with Gasteiger partial charge in [-0.3, -0.25) is 19.3 Å². The van der Waals surface area contributed by atoms with E-state index in [0.717, 1.165) is 26.6 Å². The number of amides is 1. The second kappa shape index (κ2) is 9.32. The first kappa shape index (κ1) is 25.6. The summed E-state index contributed by atoms with van der Waals surface area (Å²) >= 11 is 3.16. The Balaban J connectivity index is 1.55. The fourth-order valence-electron chi connectivity index (χ4n) is 5.90. The molecule has 0 radical (unpaired) electrons. The quantitative estimate of drug-likeness (QED) is 0.346. The molecule has 3 aliphatic heterocycles. The number of pyridine rings is 1. The molecule has 1 fully saturated rings. The SMILES string of the molecule is CC(C)c1cc2ccc3c(c2s1)SCc1c(ccc(F)c1F)[C@H]3N1[C@@H]2COCCN2C(=O)c2c(O)c(=O)ccn21. The van der Waals surface area contributed by atoms with Gasteiger partial charge in [0.1, 0.15) is 6.17 Å². The Morgan fingerprint density at radius 3 is 2.70 bits per heavy atom. The van der Waals surface area contributed by atoms with Gasteiger partial charge in [-0.2, -0.15) is 0 Å². The summed E-state index contributed by atoms with van der Waals surface area (Å²) in [5.74, 6) is -2.41. The van der Waals surface area contributed by atoms with Crippen molar-refractivity contribution in [3.8, 4) is 5.75 Å². The van der Waals surface area contributed by atoms with Crippen LogP contribution in [0.4, 0.5) is 8.78 Å². The molecule has 1 N–H and O–H groups in total. The van der Waals surface area contributed by atoms with Gasteiger partial charge in [0.05, 0.1) is 19.3 Å². The highest BCUT2D eigenvalue weighted by atomic mass is 32.2. The lowest BCUT2D eigenvalue weighted by Crippen LogP contribution is -2.66. The first-order valence-corrected chi connectivity index (χ1v) is 14.8. The maximum atomic E-state index is 15.5. The van der Waals surface area contributed by atoms with Crippen LogP contribution in [0.15, 0.2) is 52.3 Å². The van der Waals surface area contributed by atoms with Crippen LogP contribution in [-0.2, 0) is 10.5 Å². The van der Waals surface area contributed by atoms with Gasteiger partial charge in [-0.1, -0.05) is 32.0 Å². The van der Waals surface area contributed by atoms with Crippen LogP contribution in [0.2, 0.25) is 0 Å². The summed E-state index contributed by atoms with van der Waals surface area (Å²) in [6.07, 6.45) is 0.835. The summed E-state index contributed by atoms with van der Waals surface area (Å²) in [6.45, 7) is 4.99. The molecule has 206 valence electrons. The van der Waals surface area contributed by atoms with Crippen molar-refractivity contribution in [3.63, 3.8) is 0 Å². The highest BCUT2D eigenvalue weighted by Crippen LogP contribution is 2.49. The van der Waals surface area contributed by atoms with Gasteiger partial charge in [0.15, 0.2) is 23.1 Å². The van der Waals surface area contributed by atoms with E-state index in [1.54, 1.807) is 22.3 Å². The molecule has 1 amide bonds. The molecule has 0 spiro atoms. The Morgan fingerprint density at radius 2 is 1.90 bits per heavy atom. The summed E-state index contributed by atoms with van der Waals surface area (Å²) in [5.41, 5.74) is 0.829. The topological polar surface area (TPSA) is 75.0 Å². The molecule has 0 bridgehead atoms. The molecular formula is C29H25F2N3O4S2. The Labute approximate surface area is 236 Å². The molecule has 7 nitrogen and oxygen atoms in total. The van der Waals surface area contributed by atoms with Gasteiger partial charge in [-0.25, -0.2) is 8.78 Å². The molecule has 5 heterocycles. The number of aromatic nitrogens is 1. The molecule has 0 saturated carbocycles. The zero-order valence-electron chi connectivity index (χ0n) is 21.7. The maximum Gasteiger partial charge on any atom is 0.278 e. The number of carbonyl (C=O) groups is 1. The third-order valence-electron chi connectivity index (χ3n) is 7.88. The minimum absolute atomic E-state index is 0.160. The molecule has 2 aromatic heterocycles. The Hall–Kier alpha value is -3.41. The van der Waals surface area contributed by atoms with E-state index in [-0.39, 0.29) is 30.2 Å². The van der Waals surface area contributed by atoms with Crippen LogP contribution in [0.3, 0.4) is 0 Å². The van der Waals surface area contributed by atoms with E-state index in [1.165, 1.54) is 33.6 Å². The van der Waals surface area contributed by atoms with Crippen LogP contribution in [0, 0.1) is 11.6 Å². The molecule has 1 saturated heterocycles. The summed E-state index contributed by atoms with van der Waals surface area (Å²) in [7, 11) is 0. The predicted molar refractivity (Wildman–Crippen MR) is 150 cm³/mol. The van der Waals surface area contributed by atoms with Gasteiger partial charge >= 0.3 is 0 Å². The number of fused-ring (bicyclic) bond motifs is 6. The molecule has 4 aromatic rings. The number of aromatic hydroxyl groups is 1. The number of thioether (sulfide) groups is 1. The standard InChI is InChI=1S/C29H25F2N3O4S2/c1-14(2)21-11-15-3-4-17-24(16-5-6-19(30)23(31)18(16)13-39-28(17)27(15)40-21)34-22-12-38-10-9-32(22)29(37)25-26(36)20(35)7-8-33(25)34/h3-8,11,14,22,24,36H,9-10,12-13H2,1-2H3/t22-,24-/m1/s1. The second-order valence-electron chi connectivity index (χ2n) is 10.5. The monoisotopic (exact) mass is 581 g/mol.